The summed E-state index contributed by atoms with van der Waals surface area (Å²) >= 11 is 0. The summed E-state index contributed by atoms with van der Waals surface area (Å²) in [7, 11) is 0. The van der Waals surface area contributed by atoms with Gasteiger partial charge in [0.2, 0.25) is 0 Å². The second kappa shape index (κ2) is 8.40. The number of pyridine rings is 1. The van der Waals surface area contributed by atoms with E-state index in [1.165, 1.54) is 10.6 Å². The van der Waals surface area contributed by atoms with Crippen LogP contribution in [0.15, 0.2) is 16.9 Å². The van der Waals surface area contributed by atoms with E-state index in [0.717, 1.165) is 38.4 Å². The smallest absolute Gasteiger partial charge is 0.487 e. The lowest BCUT2D eigenvalue weighted by atomic mass is 9.97. The van der Waals surface area contributed by atoms with Gasteiger partial charge in [-0.2, -0.15) is 13.2 Å². The zero-order chi connectivity index (χ0) is 25.9. The number of nitrogens with zero attached hydrogens (tertiary/aromatic N) is 2. The summed E-state index contributed by atoms with van der Waals surface area (Å²) in [5.41, 5.74) is 6.15. The molecule has 0 bridgehead atoms. The topological polar surface area (TPSA) is 135 Å². The Bertz CT molecular complexity index is 1270. The van der Waals surface area contributed by atoms with Crippen molar-refractivity contribution in [2.45, 2.75) is 43.9 Å². The second-order valence-corrected chi connectivity index (χ2v) is 9.13. The van der Waals surface area contributed by atoms with E-state index in [4.69, 9.17) is 20.4 Å². The minimum Gasteiger partial charge on any atom is -0.487 e. The van der Waals surface area contributed by atoms with E-state index in [2.05, 4.69) is 4.90 Å². The van der Waals surface area contributed by atoms with Gasteiger partial charge < -0.3 is 25.6 Å². The Labute approximate surface area is 195 Å². The Morgan fingerprint density at radius 1 is 1.23 bits per heavy atom. The zero-order valence-corrected chi connectivity index (χ0v) is 18.6. The number of anilines is 1. The van der Waals surface area contributed by atoms with Gasteiger partial charge >= 0.3 is 18.1 Å². The van der Waals surface area contributed by atoms with Crippen LogP contribution in [-0.2, 0) is 4.79 Å². The SMILES string of the molecule is C[C@H]1COc2c(N3CC[C@@H](C4(N)CC4)C3)cc(F)c3cc(C(=O)O)c(=O)n1c23.O=C(O)C(F)(F)F. The van der Waals surface area contributed by atoms with Crippen molar-refractivity contribution >= 4 is 28.5 Å². The Morgan fingerprint density at radius 3 is 2.40 bits per heavy atom. The van der Waals surface area contributed by atoms with Crippen molar-refractivity contribution in [1.29, 1.82) is 0 Å². The lowest BCUT2D eigenvalue weighted by molar-refractivity contribution is -0.192. The number of alkyl halides is 3. The van der Waals surface area contributed by atoms with Crippen molar-refractivity contribution in [1.82, 2.24) is 4.57 Å². The maximum atomic E-state index is 15.1. The number of carbonyl (C=O) groups is 2. The molecule has 2 aliphatic heterocycles. The van der Waals surface area contributed by atoms with Crippen molar-refractivity contribution in [2.75, 3.05) is 24.6 Å². The quantitative estimate of drug-likeness (QED) is 0.547. The molecule has 35 heavy (non-hydrogen) atoms. The molecular weight excluding hydrogens is 478 g/mol. The predicted octanol–water partition coefficient (Wildman–Crippen LogP) is 2.74. The third kappa shape index (κ3) is 4.40. The summed E-state index contributed by atoms with van der Waals surface area (Å²) in [6.07, 6.45) is -2.09. The van der Waals surface area contributed by atoms with Crippen LogP contribution in [0.4, 0.5) is 23.2 Å². The van der Waals surface area contributed by atoms with Crippen molar-refractivity contribution in [3.63, 3.8) is 0 Å². The highest BCUT2D eigenvalue weighted by molar-refractivity contribution is 5.97. The van der Waals surface area contributed by atoms with E-state index in [1.807, 2.05) is 0 Å². The molecule has 2 atom stereocenters. The van der Waals surface area contributed by atoms with Gasteiger partial charge in [0, 0.05) is 30.1 Å². The Morgan fingerprint density at radius 2 is 1.86 bits per heavy atom. The Hall–Kier alpha value is -3.35. The number of benzene rings is 1. The summed E-state index contributed by atoms with van der Waals surface area (Å²) in [5, 5.41) is 16.6. The third-order valence-corrected chi connectivity index (χ3v) is 6.75. The largest absolute Gasteiger partial charge is 0.490 e. The van der Waals surface area contributed by atoms with Crippen LogP contribution >= 0.6 is 0 Å². The summed E-state index contributed by atoms with van der Waals surface area (Å²) in [5.74, 6) is -3.87. The van der Waals surface area contributed by atoms with Crippen molar-refractivity contribution in [3.8, 4) is 5.75 Å². The number of carboxylic acid groups (broad SMARTS) is 2. The molecule has 0 amide bonds. The molecule has 1 aromatic heterocycles. The van der Waals surface area contributed by atoms with Gasteiger partial charge in [0.05, 0.1) is 17.2 Å². The van der Waals surface area contributed by atoms with Crippen molar-refractivity contribution in [3.05, 3.63) is 33.9 Å². The molecule has 3 aliphatic rings. The average molecular weight is 501 g/mol. The first-order chi connectivity index (χ1) is 16.2. The summed E-state index contributed by atoms with van der Waals surface area (Å²) in [6, 6.07) is 2.13. The Kier molecular flexibility index (Phi) is 5.94. The molecule has 9 nitrogen and oxygen atoms in total. The van der Waals surface area contributed by atoms with Gasteiger partial charge in [-0.25, -0.2) is 14.0 Å². The van der Waals surface area contributed by atoms with E-state index in [0.29, 0.717) is 22.9 Å². The average Bonchev–Trinajstić information content (AvgIpc) is 3.31. The first-order valence-electron chi connectivity index (χ1n) is 10.9. The van der Waals surface area contributed by atoms with Gasteiger partial charge in [-0.15, -0.1) is 0 Å². The molecule has 1 saturated carbocycles. The fourth-order valence-electron chi connectivity index (χ4n) is 4.66. The molecule has 13 heteroatoms. The van der Waals surface area contributed by atoms with E-state index in [-0.39, 0.29) is 23.6 Å². The molecule has 1 aliphatic carbocycles. The lowest BCUT2D eigenvalue weighted by Crippen LogP contribution is -2.36. The number of hydrogen-bond acceptors (Lipinski definition) is 6. The lowest BCUT2D eigenvalue weighted by Gasteiger charge is -2.31. The van der Waals surface area contributed by atoms with Crippen LogP contribution in [0.1, 0.15) is 42.6 Å². The molecule has 190 valence electrons. The van der Waals surface area contributed by atoms with Crippen LogP contribution in [0.3, 0.4) is 0 Å². The van der Waals surface area contributed by atoms with Crippen LogP contribution in [-0.4, -0.2) is 58.1 Å². The van der Waals surface area contributed by atoms with E-state index >= 15 is 4.39 Å². The molecule has 0 radical (unpaired) electrons. The molecule has 2 aromatic rings. The second-order valence-electron chi connectivity index (χ2n) is 9.13. The van der Waals surface area contributed by atoms with Gasteiger partial charge in [-0.1, -0.05) is 0 Å². The standard InChI is InChI=1S/C20H22FN3O4.C2HF3O2/c1-10-9-28-17-15(23-5-2-11(8-23)20(22)3-4-20)7-14(21)12-6-13(19(26)27)18(25)24(10)16(12)17;3-2(4,5)1(6)7/h6-7,10-11H,2-5,8-9,22H2,1H3,(H,26,27);(H,6,7)/t10-,11+;/m0./s1. The number of aliphatic carboxylic acids is 1. The highest BCUT2D eigenvalue weighted by Gasteiger charge is 2.48. The summed E-state index contributed by atoms with van der Waals surface area (Å²) < 4.78 is 54.1. The van der Waals surface area contributed by atoms with Crippen molar-refractivity contribution in [2.24, 2.45) is 11.7 Å². The fourth-order valence-corrected chi connectivity index (χ4v) is 4.66. The number of hydrogen-bond donors (Lipinski definition) is 3. The normalized spacial score (nSPS) is 22.3. The van der Waals surface area contributed by atoms with E-state index < -0.39 is 35.1 Å². The molecule has 1 saturated heterocycles. The van der Waals surface area contributed by atoms with Gasteiger partial charge in [-0.05, 0) is 38.2 Å². The van der Waals surface area contributed by atoms with Crippen LogP contribution in [0.5, 0.6) is 5.75 Å². The number of aromatic carboxylic acids is 1. The van der Waals surface area contributed by atoms with Crippen LogP contribution < -0.4 is 20.9 Å². The molecular formula is C22H23F4N3O6. The minimum atomic E-state index is -5.08. The van der Waals surface area contributed by atoms with Crippen LogP contribution in [0, 0.1) is 11.7 Å². The van der Waals surface area contributed by atoms with E-state index in [9.17, 15) is 27.9 Å². The number of ether oxygens (including phenoxy) is 1. The molecule has 5 rings (SSSR count). The first-order valence-corrected chi connectivity index (χ1v) is 10.9. The molecule has 4 N–H and O–H groups in total. The van der Waals surface area contributed by atoms with Gasteiger partial charge in [0.25, 0.3) is 5.56 Å². The van der Waals surface area contributed by atoms with E-state index in [1.54, 1.807) is 6.92 Å². The zero-order valence-electron chi connectivity index (χ0n) is 18.6. The Balaban J connectivity index is 0.000000364. The third-order valence-electron chi connectivity index (χ3n) is 6.75. The summed E-state index contributed by atoms with van der Waals surface area (Å²) in [6.45, 7) is 3.46. The molecule has 0 unspecified atom stereocenters. The fraction of sp³-hybridized carbons (Fsp3) is 0.500. The summed E-state index contributed by atoms with van der Waals surface area (Å²) in [4.78, 5) is 35.2. The maximum Gasteiger partial charge on any atom is 0.490 e. The minimum absolute atomic E-state index is 0.0931. The number of nitrogens with two attached hydrogens (primary N) is 1. The highest BCUT2D eigenvalue weighted by Crippen LogP contribution is 2.47. The molecule has 0 spiro atoms. The highest BCUT2D eigenvalue weighted by atomic mass is 19.4. The number of carboxylic acids is 2. The van der Waals surface area contributed by atoms with Crippen molar-refractivity contribution < 1.29 is 42.1 Å². The predicted molar refractivity (Wildman–Crippen MR) is 115 cm³/mol. The number of halogens is 4. The molecule has 2 fully saturated rings. The molecule has 1 aromatic carbocycles. The molecule has 3 heterocycles. The first kappa shape index (κ1) is 24.8. The monoisotopic (exact) mass is 501 g/mol. The van der Waals surface area contributed by atoms with Gasteiger partial charge in [0.15, 0.2) is 5.75 Å². The van der Waals surface area contributed by atoms with Gasteiger partial charge in [-0.3, -0.25) is 9.36 Å². The van der Waals surface area contributed by atoms with Crippen LogP contribution in [0.25, 0.3) is 10.9 Å². The number of aromatic nitrogens is 1. The van der Waals surface area contributed by atoms with Gasteiger partial charge in [0.1, 0.15) is 18.0 Å². The number of rotatable bonds is 3. The van der Waals surface area contributed by atoms with Crippen LogP contribution in [0.2, 0.25) is 0 Å². The maximum absolute atomic E-state index is 15.1.